The number of hydrogen-bond donors (Lipinski definition) is 2. The predicted molar refractivity (Wildman–Crippen MR) is 116 cm³/mol. The first-order chi connectivity index (χ1) is 13.8. The zero-order chi connectivity index (χ0) is 20.9. The molecule has 1 amide bonds. The molecule has 5 nitrogen and oxygen atoms in total. The van der Waals surface area contributed by atoms with E-state index in [1.807, 2.05) is 6.07 Å². The fourth-order valence-electron chi connectivity index (χ4n) is 5.00. The van der Waals surface area contributed by atoms with Crippen LogP contribution in [0.1, 0.15) is 64.4 Å². The molecule has 0 radical (unpaired) electrons. The van der Waals surface area contributed by atoms with Crippen molar-refractivity contribution in [1.82, 2.24) is 10.2 Å². The number of hydrogen-bond acceptors (Lipinski definition) is 4. The van der Waals surface area contributed by atoms with Gasteiger partial charge in [-0.3, -0.25) is 9.69 Å². The zero-order valence-corrected chi connectivity index (χ0v) is 18.0. The van der Waals surface area contributed by atoms with Gasteiger partial charge in [0.15, 0.2) is 0 Å². The number of nitriles is 1. The molecule has 1 saturated heterocycles. The first-order valence-electron chi connectivity index (χ1n) is 11.1. The van der Waals surface area contributed by atoms with Gasteiger partial charge in [0.05, 0.1) is 12.1 Å². The van der Waals surface area contributed by atoms with Crippen LogP contribution in [-0.2, 0) is 10.2 Å². The molecule has 2 fully saturated rings. The number of benzene rings is 1. The summed E-state index contributed by atoms with van der Waals surface area (Å²) in [7, 11) is 0. The number of nitrogens with two attached hydrogens (primary N) is 1. The third-order valence-corrected chi connectivity index (χ3v) is 6.75. The zero-order valence-electron chi connectivity index (χ0n) is 18.0. The third-order valence-electron chi connectivity index (χ3n) is 6.75. The summed E-state index contributed by atoms with van der Waals surface area (Å²) in [4.78, 5) is 15.0. The van der Waals surface area contributed by atoms with Crippen LogP contribution in [0.4, 0.5) is 0 Å². The summed E-state index contributed by atoms with van der Waals surface area (Å²) in [5.74, 6) is 0.385. The summed E-state index contributed by atoms with van der Waals surface area (Å²) < 4.78 is 0. The van der Waals surface area contributed by atoms with Crippen molar-refractivity contribution in [1.29, 1.82) is 5.26 Å². The number of nitrogens with one attached hydrogen (secondary N) is 1. The highest BCUT2D eigenvalue weighted by molar-refractivity contribution is 5.82. The highest BCUT2D eigenvalue weighted by Crippen LogP contribution is 2.30. The summed E-state index contributed by atoms with van der Waals surface area (Å²) in [6, 6.07) is 12.3. The van der Waals surface area contributed by atoms with Crippen molar-refractivity contribution in [3.05, 3.63) is 35.9 Å². The van der Waals surface area contributed by atoms with Gasteiger partial charge < -0.3 is 11.1 Å². The molecule has 158 valence electrons. The van der Waals surface area contributed by atoms with Crippen LogP contribution in [0.25, 0.3) is 0 Å². The normalized spacial score (nSPS) is 24.8. The molecule has 3 rings (SSSR count). The summed E-state index contributed by atoms with van der Waals surface area (Å²) in [5, 5.41) is 12.9. The van der Waals surface area contributed by atoms with Crippen LogP contribution in [0.3, 0.4) is 0 Å². The van der Waals surface area contributed by atoms with Crippen molar-refractivity contribution >= 4 is 5.91 Å². The van der Waals surface area contributed by atoms with Crippen molar-refractivity contribution < 1.29 is 4.79 Å². The molecule has 1 heterocycles. The maximum absolute atomic E-state index is 12.7. The molecule has 0 spiro atoms. The average Bonchev–Trinajstić information content (AvgIpc) is 3.11. The Morgan fingerprint density at radius 2 is 2.00 bits per heavy atom. The van der Waals surface area contributed by atoms with Gasteiger partial charge in [-0.15, -0.1) is 0 Å². The maximum Gasteiger partial charge on any atom is 0.238 e. The number of likely N-dealkylation sites (tertiary alicyclic amines) is 1. The Morgan fingerprint density at radius 1 is 1.31 bits per heavy atom. The van der Waals surface area contributed by atoms with E-state index in [1.165, 1.54) is 37.7 Å². The molecule has 2 aliphatic rings. The standard InChI is InChI=1S/C24H36N4O/c1-23(2,20-11-7-4-8-12-20)17-28-14-13-24(16-25,18-28)27-22(29)21(26)15-19-9-5-3-6-10-19/h4,7-8,11-12,19,21H,3,5-6,9-10,13-15,17-18,26H2,1-2H3,(H,27,29). The lowest BCUT2D eigenvalue weighted by Crippen LogP contribution is -2.55. The third kappa shape index (κ3) is 5.58. The molecule has 1 aliphatic heterocycles. The molecule has 1 aromatic carbocycles. The Morgan fingerprint density at radius 3 is 2.66 bits per heavy atom. The molecule has 1 aromatic rings. The van der Waals surface area contributed by atoms with Crippen molar-refractivity contribution in [3.8, 4) is 6.07 Å². The first kappa shape index (κ1) is 21.8. The Bertz CT molecular complexity index is 720. The van der Waals surface area contributed by atoms with Gasteiger partial charge in [-0.05, 0) is 24.3 Å². The minimum absolute atomic E-state index is 0.0197. The molecule has 29 heavy (non-hydrogen) atoms. The van der Waals surface area contributed by atoms with Crippen LogP contribution >= 0.6 is 0 Å². The van der Waals surface area contributed by atoms with Crippen LogP contribution in [0.2, 0.25) is 0 Å². The van der Waals surface area contributed by atoms with Crippen LogP contribution in [0.5, 0.6) is 0 Å². The molecular formula is C24H36N4O. The molecule has 2 unspecified atom stereocenters. The second-order valence-electron chi connectivity index (χ2n) is 9.74. The van der Waals surface area contributed by atoms with Crippen LogP contribution in [0.15, 0.2) is 30.3 Å². The van der Waals surface area contributed by atoms with Gasteiger partial charge in [-0.1, -0.05) is 76.3 Å². The van der Waals surface area contributed by atoms with Gasteiger partial charge in [-0.2, -0.15) is 5.26 Å². The Labute approximate surface area is 175 Å². The lowest BCUT2D eigenvalue weighted by Gasteiger charge is -2.32. The van der Waals surface area contributed by atoms with Crippen LogP contribution in [-0.4, -0.2) is 42.0 Å². The van der Waals surface area contributed by atoms with Crippen molar-refractivity contribution in [3.63, 3.8) is 0 Å². The van der Waals surface area contributed by atoms with Crippen molar-refractivity contribution in [2.24, 2.45) is 11.7 Å². The van der Waals surface area contributed by atoms with E-state index in [9.17, 15) is 10.1 Å². The van der Waals surface area contributed by atoms with Gasteiger partial charge in [0.1, 0.15) is 5.54 Å². The average molecular weight is 397 g/mol. The molecule has 0 bridgehead atoms. The van der Waals surface area contributed by atoms with E-state index in [0.29, 0.717) is 18.9 Å². The summed E-state index contributed by atoms with van der Waals surface area (Å²) in [6.45, 7) is 6.68. The van der Waals surface area contributed by atoms with Gasteiger partial charge >= 0.3 is 0 Å². The van der Waals surface area contributed by atoms with E-state index in [4.69, 9.17) is 5.73 Å². The van der Waals surface area contributed by atoms with E-state index in [-0.39, 0.29) is 11.3 Å². The quantitative estimate of drug-likeness (QED) is 0.740. The largest absolute Gasteiger partial charge is 0.335 e. The predicted octanol–water partition coefficient (Wildman–Crippen LogP) is 3.35. The molecule has 5 heteroatoms. The van der Waals surface area contributed by atoms with Gasteiger partial charge in [0, 0.05) is 25.0 Å². The van der Waals surface area contributed by atoms with E-state index < -0.39 is 11.6 Å². The number of rotatable bonds is 7. The topological polar surface area (TPSA) is 82.2 Å². The second kappa shape index (κ2) is 9.28. The highest BCUT2D eigenvalue weighted by atomic mass is 16.2. The lowest BCUT2D eigenvalue weighted by molar-refractivity contribution is -0.124. The summed E-state index contributed by atoms with van der Waals surface area (Å²) in [6.07, 6.45) is 7.51. The minimum atomic E-state index is -0.825. The van der Waals surface area contributed by atoms with Gasteiger partial charge in [0.2, 0.25) is 5.91 Å². The second-order valence-corrected chi connectivity index (χ2v) is 9.74. The van der Waals surface area contributed by atoms with E-state index in [0.717, 1.165) is 19.5 Å². The molecule has 0 aromatic heterocycles. The SMILES string of the molecule is CC(C)(CN1CCC(C#N)(NC(=O)C(N)CC2CCCCC2)C1)c1ccccc1. The number of amides is 1. The lowest BCUT2D eigenvalue weighted by atomic mass is 9.84. The molecule has 2 atom stereocenters. The van der Waals surface area contributed by atoms with Crippen molar-refractivity contribution in [2.45, 2.75) is 75.8 Å². The minimum Gasteiger partial charge on any atom is -0.335 e. The van der Waals surface area contributed by atoms with Gasteiger partial charge in [-0.25, -0.2) is 0 Å². The van der Waals surface area contributed by atoms with Crippen LogP contribution < -0.4 is 11.1 Å². The molecule has 3 N–H and O–H groups in total. The number of carbonyl (C=O) groups excluding carboxylic acids is 1. The van der Waals surface area contributed by atoms with Gasteiger partial charge in [0.25, 0.3) is 0 Å². The van der Waals surface area contributed by atoms with E-state index in [1.54, 1.807) is 0 Å². The van der Waals surface area contributed by atoms with Crippen LogP contribution in [0, 0.1) is 17.2 Å². The summed E-state index contributed by atoms with van der Waals surface area (Å²) >= 11 is 0. The fourth-order valence-corrected chi connectivity index (χ4v) is 5.00. The maximum atomic E-state index is 12.7. The van der Waals surface area contributed by atoms with Crippen molar-refractivity contribution in [2.75, 3.05) is 19.6 Å². The molecule has 1 saturated carbocycles. The smallest absolute Gasteiger partial charge is 0.238 e. The number of carbonyl (C=O) groups is 1. The highest BCUT2D eigenvalue weighted by Gasteiger charge is 2.42. The van der Waals surface area contributed by atoms with E-state index >= 15 is 0 Å². The first-order valence-corrected chi connectivity index (χ1v) is 11.1. The van der Waals surface area contributed by atoms with E-state index in [2.05, 4.69) is 54.4 Å². The monoisotopic (exact) mass is 396 g/mol. The summed E-state index contributed by atoms with van der Waals surface area (Å²) in [5.41, 5.74) is 6.66. The molecule has 1 aliphatic carbocycles. The fraction of sp³-hybridized carbons (Fsp3) is 0.667. The number of nitrogens with zero attached hydrogens (tertiary/aromatic N) is 2. The Balaban J connectivity index is 1.56. The Hall–Kier alpha value is -1.90. The molecular weight excluding hydrogens is 360 g/mol. The Kier molecular flexibility index (Phi) is 6.97.